The molecule has 43 heavy (non-hydrogen) atoms. The van der Waals surface area contributed by atoms with E-state index in [2.05, 4.69) is 42.7 Å². The van der Waals surface area contributed by atoms with Crippen molar-refractivity contribution in [3.8, 4) is 34.5 Å². The van der Waals surface area contributed by atoms with Crippen molar-refractivity contribution < 1.29 is 41.0 Å². The van der Waals surface area contributed by atoms with Gasteiger partial charge < -0.3 is 15.2 Å². The minimum Gasteiger partial charge on any atom is -0.507 e. The number of hydrogen-bond donors (Lipinski definition) is 2. The molecule has 0 unspecified atom stereocenters. The first-order valence-electron chi connectivity index (χ1n) is 12.8. The average Bonchev–Trinajstić information content (AvgIpc) is 2.91. The molecule has 0 saturated heterocycles. The number of ether oxygens (including phenoxy) is 1. The first-order chi connectivity index (χ1) is 20.0. The van der Waals surface area contributed by atoms with Crippen LogP contribution in [0.25, 0.3) is 11.1 Å². The molecule has 0 atom stereocenters. The molecule has 0 fully saturated rings. The van der Waals surface area contributed by atoms with E-state index < -0.39 is 35.5 Å². The van der Waals surface area contributed by atoms with Crippen LogP contribution in [0.2, 0.25) is 0 Å². The highest BCUT2D eigenvalue weighted by Gasteiger charge is 2.32. The van der Waals surface area contributed by atoms with E-state index in [4.69, 9.17) is 0 Å². The van der Waals surface area contributed by atoms with Crippen LogP contribution in [-0.2, 0) is 11.6 Å². The predicted octanol–water partition coefficient (Wildman–Crippen LogP) is 8.93. The molecule has 1 amide bonds. The number of anilines is 1. The first-order valence-corrected chi connectivity index (χ1v) is 12.8. The van der Waals surface area contributed by atoms with Gasteiger partial charge in [-0.3, -0.25) is 4.79 Å². The number of amides is 1. The molecule has 4 nitrogen and oxygen atoms in total. The summed E-state index contributed by atoms with van der Waals surface area (Å²) in [4.78, 5) is 13.2. The Morgan fingerprint density at radius 1 is 0.744 bits per heavy atom. The number of aromatic hydroxyl groups is 1. The molecule has 0 heterocycles. The van der Waals surface area contributed by atoms with Gasteiger partial charge in [-0.05, 0) is 71.1 Å². The lowest BCUT2D eigenvalue weighted by atomic mass is 9.87. The number of benzene rings is 4. The van der Waals surface area contributed by atoms with Crippen LogP contribution >= 0.6 is 0 Å². The van der Waals surface area contributed by atoms with Gasteiger partial charge in [0.05, 0.1) is 11.1 Å². The average molecular weight is 598 g/mol. The lowest BCUT2D eigenvalue weighted by Crippen LogP contribution is -2.17. The van der Waals surface area contributed by atoms with Gasteiger partial charge in [-0.2, -0.15) is 13.2 Å². The third-order valence-corrected chi connectivity index (χ3v) is 6.34. The van der Waals surface area contributed by atoms with E-state index in [-0.39, 0.29) is 27.8 Å². The van der Waals surface area contributed by atoms with Crippen molar-refractivity contribution in [3.63, 3.8) is 0 Å². The molecule has 0 radical (unpaired) electrons. The normalized spacial score (nSPS) is 11.8. The Morgan fingerprint density at radius 3 is 1.91 bits per heavy atom. The van der Waals surface area contributed by atoms with Crippen LogP contribution in [0.3, 0.4) is 0 Å². The van der Waals surface area contributed by atoms with E-state index >= 15 is 0 Å². The summed E-state index contributed by atoms with van der Waals surface area (Å²) in [5, 5.41) is 12.8. The zero-order valence-electron chi connectivity index (χ0n) is 23.1. The van der Waals surface area contributed by atoms with Gasteiger partial charge in [0, 0.05) is 22.4 Å². The van der Waals surface area contributed by atoms with Gasteiger partial charge >= 0.3 is 12.5 Å². The molecule has 4 rings (SSSR count). The van der Waals surface area contributed by atoms with E-state index in [9.17, 15) is 36.2 Å². The van der Waals surface area contributed by atoms with Crippen molar-refractivity contribution in [1.82, 2.24) is 0 Å². The molecule has 0 aliphatic heterocycles. The number of rotatable bonds is 4. The molecular formula is C33H25F6NO3. The zero-order chi connectivity index (χ0) is 31.6. The number of carbonyl (C=O) groups is 1. The van der Waals surface area contributed by atoms with Gasteiger partial charge in [0.1, 0.15) is 11.5 Å². The van der Waals surface area contributed by atoms with Crippen molar-refractivity contribution in [3.05, 3.63) is 113 Å². The van der Waals surface area contributed by atoms with Crippen LogP contribution in [0.1, 0.15) is 53.4 Å². The second-order valence-electron chi connectivity index (χ2n) is 10.6. The number of alkyl halides is 6. The quantitative estimate of drug-likeness (QED) is 0.182. The Kier molecular flexibility index (Phi) is 8.49. The van der Waals surface area contributed by atoms with Gasteiger partial charge in [-0.1, -0.05) is 62.9 Å². The van der Waals surface area contributed by atoms with E-state index in [0.29, 0.717) is 17.2 Å². The third-order valence-electron chi connectivity index (χ3n) is 6.34. The molecule has 10 heteroatoms. The number of phenolic OH excluding ortho intramolecular Hbond substituents is 1. The van der Waals surface area contributed by atoms with Gasteiger partial charge in [0.2, 0.25) is 0 Å². The molecule has 4 aromatic rings. The smallest absolute Gasteiger partial charge is 0.507 e. The molecule has 0 aliphatic carbocycles. The maximum absolute atomic E-state index is 13.5. The summed E-state index contributed by atoms with van der Waals surface area (Å²) in [6.45, 7) is 6.26. The Morgan fingerprint density at radius 2 is 1.33 bits per heavy atom. The summed E-state index contributed by atoms with van der Waals surface area (Å²) in [5.74, 6) is 4.01. The van der Waals surface area contributed by atoms with Crippen molar-refractivity contribution in [2.75, 3.05) is 5.32 Å². The zero-order valence-corrected chi connectivity index (χ0v) is 23.1. The van der Waals surface area contributed by atoms with Gasteiger partial charge in [0.25, 0.3) is 5.91 Å². The Bertz CT molecular complexity index is 1690. The minimum absolute atomic E-state index is 0.0321. The number of nitrogens with one attached hydrogen (secondary N) is 1. The molecule has 2 N–H and O–H groups in total. The van der Waals surface area contributed by atoms with Gasteiger partial charge in [-0.25, -0.2) is 0 Å². The van der Waals surface area contributed by atoms with Crippen molar-refractivity contribution >= 4 is 11.6 Å². The third kappa shape index (κ3) is 8.10. The second kappa shape index (κ2) is 11.8. The predicted molar refractivity (Wildman–Crippen MR) is 151 cm³/mol. The number of hydrogen-bond acceptors (Lipinski definition) is 3. The Balaban J connectivity index is 1.64. The van der Waals surface area contributed by atoms with E-state index in [0.717, 1.165) is 29.8 Å². The second-order valence-corrected chi connectivity index (χ2v) is 10.6. The highest BCUT2D eigenvalue weighted by atomic mass is 19.4. The van der Waals surface area contributed by atoms with Crippen LogP contribution in [0.5, 0.6) is 11.5 Å². The highest BCUT2D eigenvalue weighted by molar-refractivity contribution is 6.08. The molecule has 222 valence electrons. The molecule has 0 spiro atoms. The molecule has 0 aromatic heterocycles. The van der Waals surface area contributed by atoms with Gasteiger partial charge in [-0.15, -0.1) is 13.2 Å². The summed E-state index contributed by atoms with van der Waals surface area (Å²) < 4.78 is 82.0. The number of phenols is 1. The highest BCUT2D eigenvalue weighted by Crippen LogP contribution is 2.37. The Labute approximate surface area is 243 Å². The van der Waals surface area contributed by atoms with Crippen molar-refractivity contribution in [1.29, 1.82) is 0 Å². The van der Waals surface area contributed by atoms with E-state index in [1.807, 2.05) is 24.3 Å². The minimum atomic E-state index is -4.92. The fourth-order valence-corrected chi connectivity index (χ4v) is 4.10. The monoisotopic (exact) mass is 597 g/mol. The summed E-state index contributed by atoms with van der Waals surface area (Å²) in [5.41, 5.74) is 0.890. The van der Waals surface area contributed by atoms with E-state index in [1.54, 1.807) is 0 Å². The van der Waals surface area contributed by atoms with Gasteiger partial charge in [0.15, 0.2) is 0 Å². The first kappa shape index (κ1) is 31.0. The molecule has 0 aliphatic rings. The van der Waals surface area contributed by atoms with Crippen LogP contribution in [0.15, 0.2) is 84.9 Å². The summed E-state index contributed by atoms with van der Waals surface area (Å²) in [6.07, 6.45) is -9.67. The lowest BCUT2D eigenvalue weighted by molar-refractivity contribution is -0.274. The number of carbonyl (C=O) groups excluding carboxylic acids is 1. The maximum Gasteiger partial charge on any atom is 0.573 e. The van der Waals surface area contributed by atoms with Crippen LogP contribution in [0.4, 0.5) is 32.0 Å². The summed E-state index contributed by atoms with van der Waals surface area (Å²) >= 11 is 0. The topological polar surface area (TPSA) is 58.6 Å². The Hall–Kier alpha value is -4.91. The van der Waals surface area contributed by atoms with Crippen molar-refractivity contribution in [2.24, 2.45) is 0 Å². The molecular weight excluding hydrogens is 572 g/mol. The summed E-state index contributed by atoms with van der Waals surface area (Å²) in [7, 11) is 0. The molecule has 0 saturated carbocycles. The van der Waals surface area contributed by atoms with Crippen LogP contribution < -0.4 is 10.1 Å². The largest absolute Gasteiger partial charge is 0.573 e. The van der Waals surface area contributed by atoms with Crippen LogP contribution in [0, 0.1) is 11.8 Å². The van der Waals surface area contributed by atoms with Crippen LogP contribution in [-0.4, -0.2) is 17.4 Å². The SMILES string of the molecule is CC(C)(C)c1ccc(C#Cc2ccc(O)c(C(=O)Nc3cc(C(F)(F)F)ccc3-c3ccc(OC(F)(F)F)cc3)c2)cc1. The lowest BCUT2D eigenvalue weighted by Gasteiger charge is -2.18. The molecule has 4 aromatic carbocycles. The fraction of sp³-hybridized carbons (Fsp3) is 0.182. The molecule has 0 bridgehead atoms. The maximum atomic E-state index is 13.5. The standard InChI is InChI=1S/C33H25F6NO3/c1-31(2,3)23-11-6-20(7-12-23)4-5-21-8-17-29(41)27(18-21)30(42)40-28-19-24(32(34,35)36)13-16-26(28)22-9-14-25(15-10-22)43-33(37,38)39/h6-19,41H,1-3H3,(H,40,42). The van der Waals surface area contributed by atoms with E-state index in [1.165, 1.54) is 30.3 Å². The summed E-state index contributed by atoms with van der Waals surface area (Å²) in [6, 6.07) is 18.7. The number of halogens is 6. The van der Waals surface area contributed by atoms with Crippen molar-refractivity contribution in [2.45, 2.75) is 38.7 Å². The fourth-order valence-electron chi connectivity index (χ4n) is 4.10.